The molecule has 3 nitrogen and oxygen atoms in total. The van der Waals surface area contributed by atoms with Crippen LogP contribution in [0.1, 0.15) is 35.1 Å². The van der Waals surface area contributed by atoms with Gasteiger partial charge in [0, 0.05) is 25.6 Å². The predicted octanol–water partition coefficient (Wildman–Crippen LogP) is 2.31. The molecule has 1 fully saturated rings. The van der Waals surface area contributed by atoms with Crippen molar-refractivity contribution in [3.63, 3.8) is 0 Å². The Morgan fingerprint density at radius 3 is 2.26 bits per heavy atom. The van der Waals surface area contributed by atoms with Crippen LogP contribution in [0.3, 0.4) is 0 Å². The van der Waals surface area contributed by atoms with E-state index in [1.54, 1.807) is 0 Å². The van der Waals surface area contributed by atoms with Crippen LogP contribution in [0.15, 0.2) is 12.1 Å². The zero-order valence-corrected chi connectivity index (χ0v) is 12.4. The van der Waals surface area contributed by atoms with E-state index in [1.165, 1.54) is 22.3 Å². The van der Waals surface area contributed by atoms with Crippen LogP contribution in [0.4, 0.5) is 0 Å². The third-order valence-electron chi connectivity index (χ3n) is 4.14. The maximum Gasteiger partial charge on any atom is 0.225 e. The van der Waals surface area contributed by atoms with E-state index in [0.717, 1.165) is 12.8 Å². The third-order valence-corrected chi connectivity index (χ3v) is 4.14. The minimum absolute atomic E-state index is 0.145. The zero-order valence-electron chi connectivity index (χ0n) is 12.4. The molecular weight excluding hydrogens is 236 g/mol. The van der Waals surface area contributed by atoms with Gasteiger partial charge in [0.05, 0.1) is 0 Å². The summed E-state index contributed by atoms with van der Waals surface area (Å²) in [5, 5.41) is 0. The van der Waals surface area contributed by atoms with Crippen molar-refractivity contribution < 1.29 is 4.79 Å². The average Bonchev–Trinajstić information content (AvgIpc) is 2.28. The van der Waals surface area contributed by atoms with E-state index < -0.39 is 0 Å². The van der Waals surface area contributed by atoms with E-state index in [-0.39, 0.29) is 17.9 Å². The van der Waals surface area contributed by atoms with Crippen molar-refractivity contribution in [3.8, 4) is 0 Å². The highest BCUT2D eigenvalue weighted by atomic mass is 16.2. The van der Waals surface area contributed by atoms with Crippen molar-refractivity contribution in [2.75, 3.05) is 7.05 Å². The summed E-state index contributed by atoms with van der Waals surface area (Å²) in [7, 11) is 1.89. The molecule has 19 heavy (non-hydrogen) atoms. The Labute approximate surface area is 115 Å². The number of nitrogens with zero attached hydrogens (tertiary/aromatic N) is 1. The van der Waals surface area contributed by atoms with Crippen LogP contribution in [0.5, 0.6) is 0 Å². The van der Waals surface area contributed by atoms with Crippen molar-refractivity contribution in [3.05, 3.63) is 34.4 Å². The van der Waals surface area contributed by atoms with Crippen molar-refractivity contribution in [1.82, 2.24) is 4.90 Å². The van der Waals surface area contributed by atoms with E-state index in [0.29, 0.717) is 6.54 Å². The largest absolute Gasteiger partial charge is 0.341 e. The first-order chi connectivity index (χ1) is 8.88. The van der Waals surface area contributed by atoms with Crippen LogP contribution in [-0.2, 0) is 11.3 Å². The molecule has 104 valence electrons. The Kier molecular flexibility index (Phi) is 3.95. The summed E-state index contributed by atoms with van der Waals surface area (Å²) in [5.41, 5.74) is 10.8. The summed E-state index contributed by atoms with van der Waals surface area (Å²) < 4.78 is 0. The Balaban J connectivity index is 2.06. The highest BCUT2D eigenvalue weighted by Gasteiger charge is 2.33. The van der Waals surface area contributed by atoms with E-state index in [4.69, 9.17) is 5.73 Å². The molecule has 0 heterocycles. The molecule has 0 atom stereocenters. The molecule has 0 radical (unpaired) electrons. The van der Waals surface area contributed by atoms with Crippen LogP contribution in [0.25, 0.3) is 0 Å². The van der Waals surface area contributed by atoms with Gasteiger partial charge in [-0.05, 0) is 50.3 Å². The quantitative estimate of drug-likeness (QED) is 0.906. The summed E-state index contributed by atoms with van der Waals surface area (Å²) in [6.07, 6.45) is 1.68. The molecule has 2 N–H and O–H groups in total. The number of carbonyl (C=O) groups is 1. The molecule has 0 spiro atoms. The van der Waals surface area contributed by atoms with Crippen LogP contribution in [-0.4, -0.2) is 23.9 Å². The Bertz CT molecular complexity index is 467. The van der Waals surface area contributed by atoms with Crippen molar-refractivity contribution >= 4 is 5.91 Å². The van der Waals surface area contributed by atoms with Gasteiger partial charge in [-0.2, -0.15) is 0 Å². The SMILES string of the molecule is Cc1cc(C)c(CN(C)C(=O)C2CC(N)C2)c(C)c1. The van der Waals surface area contributed by atoms with E-state index in [1.807, 2.05) is 11.9 Å². The van der Waals surface area contributed by atoms with Crippen LogP contribution in [0.2, 0.25) is 0 Å². The van der Waals surface area contributed by atoms with Gasteiger partial charge in [0.15, 0.2) is 0 Å². The fraction of sp³-hybridized carbons (Fsp3) is 0.562. The molecule has 0 aliphatic heterocycles. The number of hydrogen-bond donors (Lipinski definition) is 1. The fourth-order valence-corrected chi connectivity index (χ4v) is 2.95. The Morgan fingerprint density at radius 2 is 1.79 bits per heavy atom. The number of rotatable bonds is 3. The van der Waals surface area contributed by atoms with Gasteiger partial charge in [-0.25, -0.2) is 0 Å². The van der Waals surface area contributed by atoms with Gasteiger partial charge >= 0.3 is 0 Å². The molecule has 0 aromatic heterocycles. The minimum Gasteiger partial charge on any atom is -0.341 e. The Hall–Kier alpha value is -1.35. The molecule has 1 saturated carbocycles. The number of hydrogen-bond acceptors (Lipinski definition) is 2. The van der Waals surface area contributed by atoms with E-state index >= 15 is 0 Å². The predicted molar refractivity (Wildman–Crippen MR) is 77.8 cm³/mol. The highest BCUT2D eigenvalue weighted by Crippen LogP contribution is 2.28. The normalized spacial score (nSPS) is 21.9. The lowest BCUT2D eigenvalue weighted by Gasteiger charge is -2.34. The lowest BCUT2D eigenvalue weighted by Crippen LogP contribution is -2.45. The lowest BCUT2D eigenvalue weighted by molar-refractivity contribution is -0.137. The smallest absolute Gasteiger partial charge is 0.225 e. The summed E-state index contributed by atoms with van der Waals surface area (Å²) in [6.45, 7) is 7.04. The molecule has 1 aliphatic rings. The molecule has 1 aromatic rings. The summed E-state index contributed by atoms with van der Waals surface area (Å²) in [6, 6.07) is 4.59. The second kappa shape index (κ2) is 5.33. The number of carbonyl (C=O) groups excluding carboxylic acids is 1. The van der Waals surface area contributed by atoms with Crippen molar-refractivity contribution in [2.24, 2.45) is 11.7 Å². The fourth-order valence-electron chi connectivity index (χ4n) is 2.95. The first-order valence-electron chi connectivity index (χ1n) is 6.95. The molecule has 1 aromatic carbocycles. The van der Waals surface area contributed by atoms with Gasteiger partial charge < -0.3 is 10.6 Å². The number of benzene rings is 1. The molecule has 0 unspecified atom stereocenters. The van der Waals surface area contributed by atoms with Crippen molar-refractivity contribution in [1.29, 1.82) is 0 Å². The second-order valence-corrected chi connectivity index (χ2v) is 6.00. The maximum atomic E-state index is 12.2. The number of amides is 1. The maximum absolute atomic E-state index is 12.2. The van der Waals surface area contributed by atoms with Gasteiger partial charge in [0.2, 0.25) is 5.91 Å². The minimum atomic E-state index is 0.145. The molecule has 1 amide bonds. The summed E-state index contributed by atoms with van der Waals surface area (Å²) >= 11 is 0. The highest BCUT2D eigenvalue weighted by molar-refractivity contribution is 5.79. The second-order valence-electron chi connectivity index (χ2n) is 6.00. The summed E-state index contributed by atoms with van der Waals surface area (Å²) in [5.74, 6) is 0.382. The lowest BCUT2D eigenvalue weighted by atomic mass is 9.80. The number of nitrogens with two attached hydrogens (primary N) is 1. The van der Waals surface area contributed by atoms with Crippen LogP contribution in [0, 0.1) is 26.7 Å². The molecule has 1 aliphatic carbocycles. The Morgan fingerprint density at radius 1 is 1.26 bits per heavy atom. The first-order valence-corrected chi connectivity index (χ1v) is 6.95. The first kappa shape index (κ1) is 14.1. The van der Waals surface area contributed by atoms with Gasteiger partial charge in [-0.15, -0.1) is 0 Å². The van der Waals surface area contributed by atoms with E-state index in [9.17, 15) is 4.79 Å². The van der Waals surface area contributed by atoms with Crippen LogP contribution >= 0.6 is 0 Å². The van der Waals surface area contributed by atoms with E-state index in [2.05, 4.69) is 32.9 Å². The van der Waals surface area contributed by atoms with Gasteiger partial charge in [0.1, 0.15) is 0 Å². The molecule has 0 bridgehead atoms. The van der Waals surface area contributed by atoms with Crippen LogP contribution < -0.4 is 5.73 Å². The zero-order chi connectivity index (χ0) is 14.2. The summed E-state index contributed by atoms with van der Waals surface area (Å²) in [4.78, 5) is 14.1. The van der Waals surface area contributed by atoms with Gasteiger partial charge in [-0.1, -0.05) is 17.7 Å². The molecular formula is C16H24N2O. The molecule has 0 saturated heterocycles. The third kappa shape index (κ3) is 2.98. The van der Waals surface area contributed by atoms with Gasteiger partial charge in [-0.3, -0.25) is 4.79 Å². The topological polar surface area (TPSA) is 46.3 Å². The van der Waals surface area contributed by atoms with Gasteiger partial charge in [0.25, 0.3) is 0 Å². The monoisotopic (exact) mass is 260 g/mol. The number of aryl methyl sites for hydroxylation is 3. The molecule has 2 rings (SSSR count). The van der Waals surface area contributed by atoms with Crippen molar-refractivity contribution in [2.45, 2.75) is 46.2 Å². The molecule has 3 heteroatoms. The average molecular weight is 260 g/mol. The standard InChI is InChI=1S/C16H24N2O/c1-10-5-11(2)15(12(3)6-10)9-18(4)16(19)13-7-14(17)8-13/h5-6,13-14H,7-9,17H2,1-4H3.